The van der Waals surface area contributed by atoms with Gasteiger partial charge in [-0.15, -0.1) is 0 Å². The van der Waals surface area contributed by atoms with Crippen LogP contribution in [-0.4, -0.2) is 44.1 Å². The molecular formula is C15H20N2O5S. The molecular weight excluding hydrogens is 320 g/mol. The van der Waals surface area contributed by atoms with Crippen molar-refractivity contribution < 1.29 is 22.7 Å². The lowest BCUT2D eigenvalue weighted by molar-refractivity contribution is -0.120. The molecule has 1 saturated heterocycles. The Bertz CT molecular complexity index is 709. The molecule has 2 N–H and O–H groups in total. The third-order valence-corrected chi connectivity index (χ3v) is 5.60. The monoisotopic (exact) mass is 340 g/mol. The van der Waals surface area contributed by atoms with E-state index in [1.54, 1.807) is 6.92 Å². The Kier molecular flexibility index (Phi) is 5.38. The molecule has 0 radical (unpaired) electrons. The Balaban J connectivity index is 2.32. The summed E-state index contributed by atoms with van der Waals surface area (Å²) in [5, 5.41) is 0. The second-order valence-corrected chi connectivity index (χ2v) is 7.25. The van der Waals surface area contributed by atoms with Gasteiger partial charge in [0, 0.05) is 19.5 Å². The lowest BCUT2D eigenvalue weighted by Crippen LogP contribution is -2.28. The van der Waals surface area contributed by atoms with Crippen molar-refractivity contribution >= 4 is 21.7 Å². The van der Waals surface area contributed by atoms with Crippen LogP contribution in [-0.2, 0) is 14.8 Å². The highest BCUT2D eigenvalue weighted by atomic mass is 32.2. The standard InChI is InChI=1S/C15H20N2O5S/c1-2-11(18)10-22-14-6-5-12(9-13(14)15(16)19)23(20,21)17-7-3-4-8-17/h5-6,9H,2-4,7-8,10H2,1H3,(H2,16,19). The zero-order chi connectivity index (χ0) is 17.0. The fourth-order valence-corrected chi connectivity index (χ4v) is 3.87. The number of carbonyl (C=O) groups is 2. The zero-order valence-electron chi connectivity index (χ0n) is 12.9. The van der Waals surface area contributed by atoms with Crippen molar-refractivity contribution in [3.8, 4) is 5.75 Å². The number of rotatable bonds is 7. The number of nitrogens with zero attached hydrogens (tertiary/aromatic N) is 1. The first kappa shape index (κ1) is 17.4. The van der Waals surface area contributed by atoms with Gasteiger partial charge in [-0.3, -0.25) is 9.59 Å². The van der Waals surface area contributed by atoms with Crippen LogP contribution in [0.5, 0.6) is 5.75 Å². The Morgan fingerprint density at radius 2 is 1.91 bits per heavy atom. The molecule has 0 aromatic heterocycles. The number of ketones is 1. The summed E-state index contributed by atoms with van der Waals surface area (Å²) in [6.45, 7) is 2.45. The minimum Gasteiger partial charge on any atom is -0.485 e. The predicted octanol–water partition coefficient (Wildman–Crippen LogP) is 0.928. The van der Waals surface area contributed by atoms with E-state index in [-0.39, 0.29) is 28.6 Å². The SMILES string of the molecule is CCC(=O)COc1ccc(S(=O)(=O)N2CCCC2)cc1C(N)=O. The van der Waals surface area contributed by atoms with Gasteiger partial charge in [0.2, 0.25) is 10.0 Å². The molecule has 1 aliphatic rings. The number of Topliss-reactive ketones (excluding diaryl/α,β-unsaturated/α-hetero) is 1. The van der Waals surface area contributed by atoms with Gasteiger partial charge in [0.25, 0.3) is 5.91 Å². The van der Waals surface area contributed by atoms with Gasteiger partial charge < -0.3 is 10.5 Å². The van der Waals surface area contributed by atoms with Crippen molar-refractivity contribution in [3.63, 3.8) is 0 Å². The molecule has 1 aliphatic heterocycles. The lowest BCUT2D eigenvalue weighted by atomic mass is 10.2. The first-order chi connectivity index (χ1) is 10.9. The number of hydrogen-bond donors (Lipinski definition) is 1. The molecule has 1 fully saturated rings. The quantitative estimate of drug-likeness (QED) is 0.794. The predicted molar refractivity (Wildman–Crippen MR) is 83.7 cm³/mol. The minimum absolute atomic E-state index is 0.00219. The van der Waals surface area contributed by atoms with Crippen molar-refractivity contribution in [3.05, 3.63) is 23.8 Å². The van der Waals surface area contributed by atoms with Crippen LogP contribution in [0.4, 0.5) is 0 Å². The molecule has 0 saturated carbocycles. The maximum absolute atomic E-state index is 12.5. The maximum Gasteiger partial charge on any atom is 0.252 e. The molecule has 23 heavy (non-hydrogen) atoms. The average Bonchev–Trinajstić information content (AvgIpc) is 3.07. The molecule has 2 rings (SSSR count). The molecule has 0 bridgehead atoms. The highest BCUT2D eigenvalue weighted by Crippen LogP contribution is 2.26. The molecule has 126 valence electrons. The first-order valence-electron chi connectivity index (χ1n) is 7.44. The van der Waals surface area contributed by atoms with Crippen molar-refractivity contribution in [2.75, 3.05) is 19.7 Å². The summed E-state index contributed by atoms with van der Waals surface area (Å²) < 4.78 is 31.7. The summed E-state index contributed by atoms with van der Waals surface area (Å²) in [6.07, 6.45) is 1.96. The molecule has 1 amide bonds. The van der Waals surface area contributed by atoms with Crippen LogP contribution in [0.25, 0.3) is 0 Å². The van der Waals surface area contributed by atoms with E-state index in [2.05, 4.69) is 0 Å². The van der Waals surface area contributed by atoms with Gasteiger partial charge in [-0.25, -0.2) is 8.42 Å². The van der Waals surface area contributed by atoms with E-state index in [9.17, 15) is 18.0 Å². The smallest absolute Gasteiger partial charge is 0.252 e. The number of hydrogen-bond acceptors (Lipinski definition) is 5. The van der Waals surface area contributed by atoms with E-state index >= 15 is 0 Å². The number of primary amides is 1. The lowest BCUT2D eigenvalue weighted by Gasteiger charge is -2.17. The summed E-state index contributed by atoms with van der Waals surface area (Å²) >= 11 is 0. The van der Waals surface area contributed by atoms with Gasteiger partial charge in [-0.2, -0.15) is 4.31 Å². The zero-order valence-corrected chi connectivity index (χ0v) is 13.8. The van der Waals surface area contributed by atoms with Crippen molar-refractivity contribution in [1.29, 1.82) is 0 Å². The van der Waals surface area contributed by atoms with Crippen LogP contribution in [0.2, 0.25) is 0 Å². The Labute approximate surface area is 135 Å². The number of carbonyl (C=O) groups excluding carboxylic acids is 2. The van der Waals surface area contributed by atoms with Gasteiger partial charge >= 0.3 is 0 Å². The molecule has 0 spiro atoms. The van der Waals surface area contributed by atoms with E-state index in [0.29, 0.717) is 19.5 Å². The fourth-order valence-electron chi connectivity index (χ4n) is 2.33. The van der Waals surface area contributed by atoms with E-state index in [4.69, 9.17) is 10.5 Å². The molecule has 0 unspecified atom stereocenters. The molecule has 1 aromatic carbocycles. The van der Waals surface area contributed by atoms with Crippen molar-refractivity contribution in [2.24, 2.45) is 5.73 Å². The first-order valence-corrected chi connectivity index (χ1v) is 8.88. The summed E-state index contributed by atoms with van der Waals surface area (Å²) in [6, 6.07) is 3.94. The van der Waals surface area contributed by atoms with Crippen LogP contribution < -0.4 is 10.5 Å². The molecule has 1 heterocycles. The molecule has 0 atom stereocenters. The Morgan fingerprint density at radius 1 is 1.26 bits per heavy atom. The van der Waals surface area contributed by atoms with Crippen LogP contribution >= 0.6 is 0 Å². The fraction of sp³-hybridized carbons (Fsp3) is 0.467. The second-order valence-electron chi connectivity index (χ2n) is 5.31. The van der Waals surface area contributed by atoms with Crippen LogP contribution in [0.3, 0.4) is 0 Å². The van der Waals surface area contributed by atoms with Gasteiger partial charge in [0.15, 0.2) is 5.78 Å². The third kappa shape index (κ3) is 3.89. The largest absolute Gasteiger partial charge is 0.485 e. The van der Waals surface area contributed by atoms with Crippen LogP contribution in [0, 0.1) is 0 Å². The van der Waals surface area contributed by atoms with E-state index in [1.165, 1.54) is 22.5 Å². The topological polar surface area (TPSA) is 107 Å². The van der Waals surface area contributed by atoms with Crippen LogP contribution in [0.15, 0.2) is 23.1 Å². The van der Waals surface area contributed by atoms with Gasteiger partial charge in [0.1, 0.15) is 12.4 Å². The normalized spacial score (nSPS) is 15.5. The second kappa shape index (κ2) is 7.10. The Morgan fingerprint density at radius 3 is 2.48 bits per heavy atom. The minimum atomic E-state index is -3.64. The number of ether oxygens (including phenoxy) is 1. The van der Waals surface area contributed by atoms with E-state index in [1.807, 2.05) is 0 Å². The van der Waals surface area contributed by atoms with E-state index < -0.39 is 15.9 Å². The number of sulfonamides is 1. The molecule has 8 heteroatoms. The maximum atomic E-state index is 12.5. The van der Waals surface area contributed by atoms with Crippen molar-refractivity contribution in [2.45, 2.75) is 31.1 Å². The highest BCUT2D eigenvalue weighted by molar-refractivity contribution is 7.89. The van der Waals surface area contributed by atoms with Gasteiger partial charge in [-0.05, 0) is 31.0 Å². The molecule has 1 aromatic rings. The summed E-state index contributed by atoms with van der Waals surface area (Å²) in [5.41, 5.74) is 5.26. The van der Waals surface area contributed by atoms with Crippen LogP contribution in [0.1, 0.15) is 36.5 Å². The molecule has 7 nitrogen and oxygen atoms in total. The summed E-state index contributed by atoms with van der Waals surface area (Å²) in [4.78, 5) is 22.9. The summed E-state index contributed by atoms with van der Waals surface area (Å²) in [7, 11) is -3.64. The van der Waals surface area contributed by atoms with Crippen molar-refractivity contribution in [1.82, 2.24) is 4.31 Å². The third-order valence-electron chi connectivity index (χ3n) is 3.70. The van der Waals surface area contributed by atoms with Gasteiger partial charge in [0.05, 0.1) is 10.5 Å². The number of benzene rings is 1. The Hall–Kier alpha value is -1.93. The number of nitrogens with two attached hydrogens (primary N) is 1. The molecule has 0 aliphatic carbocycles. The number of amides is 1. The van der Waals surface area contributed by atoms with E-state index in [0.717, 1.165) is 12.8 Å². The summed E-state index contributed by atoms with van der Waals surface area (Å²) in [5.74, 6) is -0.823. The average molecular weight is 340 g/mol. The highest BCUT2D eigenvalue weighted by Gasteiger charge is 2.28. The van der Waals surface area contributed by atoms with Gasteiger partial charge in [-0.1, -0.05) is 6.92 Å².